The van der Waals surface area contributed by atoms with Crippen LogP contribution in [0.4, 0.5) is 5.82 Å². The largest absolute Gasteiger partial charge is 0.372 e. The SMILES string of the molecule is CNc1nccnc1[C@H]1CN(C2CCCC2)CCO1. The molecule has 5 nitrogen and oxygen atoms in total. The van der Waals surface area contributed by atoms with Crippen LogP contribution in [-0.2, 0) is 4.74 Å². The molecule has 1 atom stereocenters. The Bertz CT molecular complexity index is 420. The van der Waals surface area contributed by atoms with Crippen molar-refractivity contribution in [3.05, 3.63) is 18.1 Å². The number of hydrogen-bond acceptors (Lipinski definition) is 5. The lowest BCUT2D eigenvalue weighted by atomic mass is 10.1. The predicted octanol–water partition coefficient (Wildman–Crippen LogP) is 1.83. The van der Waals surface area contributed by atoms with Crippen LogP contribution in [0.3, 0.4) is 0 Å². The molecule has 0 amide bonds. The van der Waals surface area contributed by atoms with E-state index in [2.05, 4.69) is 20.2 Å². The van der Waals surface area contributed by atoms with Crippen molar-refractivity contribution in [2.45, 2.75) is 37.8 Å². The van der Waals surface area contributed by atoms with Gasteiger partial charge in [-0.1, -0.05) is 12.8 Å². The molecular formula is C14H22N4O. The zero-order chi connectivity index (χ0) is 13.1. The van der Waals surface area contributed by atoms with E-state index in [1.807, 2.05) is 7.05 Å². The molecule has 0 bridgehead atoms. The molecule has 0 spiro atoms. The van der Waals surface area contributed by atoms with E-state index in [0.29, 0.717) is 0 Å². The van der Waals surface area contributed by atoms with Crippen LogP contribution in [0.25, 0.3) is 0 Å². The van der Waals surface area contributed by atoms with E-state index in [4.69, 9.17) is 4.74 Å². The van der Waals surface area contributed by atoms with Gasteiger partial charge in [0.15, 0.2) is 0 Å². The van der Waals surface area contributed by atoms with Crippen molar-refractivity contribution >= 4 is 5.82 Å². The fourth-order valence-corrected chi connectivity index (χ4v) is 3.21. The molecule has 0 aromatic carbocycles. The Hall–Kier alpha value is -1.20. The smallest absolute Gasteiger partial charge is 0.150 e. The number of aromatic nitrogens is 2. The average molecular weight is 262 g/mol. The monoisotopic (exact) mass is 262 g/mol. The van der Waals surface area contributed by atoms with Crippen molar-refractivity contribution < 1.29 is 4.74 Å². The summed E-state index contributed by atoms with van der Waals surface area (Å²) < 4.78 is 5.91. The van der Waals surface area contributed by atoms with Gasteiger partial charge in [0, 0.05) is 38.6 Å². The second kappa shape index (κ2) is 5.84. The van der Waals surface area contributed by atoms with Gasteiger partial charge in [-0.05, 0) is 12.8 Å². The third kappa shape index (κ3) is 2.72. The van der Waals surface area contributed by atoms with Gasteiger partial charge >= 0.3 is 0 Å². The lowest BCUT2D eigenvalue weighted by Gasteiger charge is -2.36. The Morgan fingerprint density at radius 1 is 1.26 bits per heavy atom. The molecule has 1 aliphatic heterocycles. The molecule has 1 saturated carbocycles. The third-order valence-electron chi connectivity index (χ3n) is 4.21. The minimum absolute atomic E-state index is 0.0468. The van der Waals surface area contributed by atoms with Crippen LogP contribution in [0.5, 0.6) is 0 Å². The van der Waals surface area contributed by atoms with Crippen molar-refractivity contribution in [2.24, 2.45) is 0 Å². The van der Waals surface area contributed by atoms with Crippen molar-refractivity contribution in [3.63, 3.8) is 0 Å². The van der Waals surface area contributed by atoms with Gasteiger partial charge < -0.3 is 10.1 Å². The van der Waals surface area contributed by atoms with Crippen LogP contribution < -0.4 is 5.32 Å². The lowest BCUT2D eigenvalue weighted by Crippen LogP contribution is -2.44. The zero-order valence-electron chi connectivity index (χ0n) is 11.5. The number of nitrogens with zero attached hydrogens (tertiary/aromatic N) is 3. The van der Waals surface area contributed by atoms with E-state index in [9.17, 15) is 0 Å². The van der Waals surface area contributed by atoms with Crippen LogP contribution in [0.1, 0.15) is 37.5 Å². The van der Waals surface area contributed by atoms with E-state index >= 15 is 0 Å². The van der Waals surface area contributed by atoms with Gasteiger partial charge in [-0.2, -0.15) is 0 Å². The summed E-state index contributed by atoms with van der Waals surface area (Å²) in [6, 6.07) is 0.751. The van der Waals surface area contributed by atoms with Gasteiger partial charge in [-0.15, -0.1) is 0 Å². The van der Waals surface area contributed by atoms with Crippen molar-refractivity contribution in [1.29, 1.82) is 0 Å². The quantitative estimate of drug-likeness (QED) is 0.900. The summed E-state index contributed by atoms with van der Waals surface area (Å²) in [6.07, 6.45) is 8.93. The minimum Gasteiger partial charge on any atom is -0.372 e. The Labute approximate surface area is 114 Å². The van der Waals surface area contributed by atoms with Crippen LogP contribution in [0.2, 0.25) is 0 Å². The molecule has 1 aliphatic carbocycles. The molecule has 1 aromatic rings. The summed E-state index contributed by atoms with van der Waals surface area (Å²) in [4.78, 5) is 11.4. The molecule has 1 aromatic heterocycles. The van der Waals surface area contributed by atoms with E-state index in [-0.39, 0.29) is 6.10 Å². The normalized spacial score (nSPS) is 25.6. The average Bonchev–Trinajstić information content (AvgIpc) is 3.01. The van der Waals surface area contributed by atoms with Gasteiger partial charge in [0.25, 0.3) is 0 Å². The van der Waals surface area contributed by atoms with Crippen LogP contribution in [0.15, 0.2) is 12.4 Å². The summed E-state index contributed by atoms with van der Waals surface area (Å²) >= 11 is 0. The standard InChI is InChI=1S/C14H22N4O/c1-15-14-13(16-6-7-17-14)12-10-18(8-9-19-12)11-4-2-3-5-11/h6-7,11-12H,2-5,8-10H2,1H3,(H,15,17)/t12-/m1/s1. The maximum absolute atomic E-state index is 5.91. The molecule has 104 valence electrons. The van der Waals surface area contributed by atoms with Crippen molar-refractivity contribution in [1.82, 2.24) is 14.9 Å². The Morgan fingerprint density at radius 3 is 2.84 bits per heavy atom. The molecule has 1 saturated heterocycles. The molecule has 2 heterocycles. The highest BCUT2D eigenvalue weighted by Gasteiger charge is 2.30. The first-order valence-electron chi connectivity index (χ1n) is 7.23. The summed E-state index contributed by atoms with van der Waals surface area (Å²) in [5.41, 5.74) is 0.938. The number of anilines is 1. The zero-order valence-corrected chi connectivity index (χ0v) is 11.5. The fraction of sp³-hybridized carbons (Fsp3) is 0.714. The number of nitrogens with one attached hydrogen (secondary N) is 1. The van der Waals surface area contributed by atoms with Crippen LogP contribution in [-0.4, -0.2) is 47.7 Å². The first kappa shape index (κ1) is 12.8. The summed E-state index contributed by atoms with van der Waals surface area (Å²) in [7, 11) is 1.88. The second-order valence-electron chi connectivity index (χ2n) is 5.33. The highest BCUT2D eigenvalue weighted by atomic mass is 16.5. The Balaban J connectivity index is 1.73. The number of hydrogen-bond donors (Lipinski definition) is 1. The molecule has 0 radical (unpaired) electrons. The second-order valence-corrected chi connectivity index (χ2v) is 5.33. The molecular weight excluding hydrogens is 240 g/mol. The number of morpholine rings is 1. The number of rotatable bonds is 3. The van der Waals surface area contributed by atoms with E-state index in [1.165, 1.54) is 25.7 Å². The molecule has 2 aliphatic rings. The summed E-state index contributed by atoms with van der Waals surface area (Å²) in [5, 5.41) is 3.11. The van der Waals surface area contributed by atoms with Gasteiger partial charge in [0.05, 0.1) is 6.61 Å². The summed E-state index contributed by atoms with van der Waals surface area (Å²) in [6.45, 7) is 2.79. The lowest BCUT2D eigenvalue weighted by molar-refractivity contribution is -0.0457. The molecule has 1 N–H and O–H groups in total. The first-order chi connectivity index (χ1) is 9.38. The highest BCUT2D eigenvalue weighted by molar-refractivity contribution is 5.40. The van der Waals surface area contributed by atoms with Gasteiger partial charge in [-0.25, -0.2) is 4.98 Å². The molecule has 5 heteroatoms. The van der Waals surface area contributed by atoms with Crippen LogP contribution >= 0.6 is 0 Å². The Kier molecular flexibility index (Phi) is 3.94. The first-order valence-corrected chi connectivity index (χ1v) is 7.23. The Morgan fingerprint density at radius 2 is 2.05 bits per heavy atom. The third-order valence-corrected chi connectivity index (χ3v) is 4.21. The van der Waals surface area contributed by atoms with E-state index < -0.39 is 0 Å². The maximum atomic E-state index is 5.91. The molecule has 19 heavy (non-hydrogen) atoms. The summed E-state index contributed by atoms with van der Waals surface area (Å²) in [5.74, 6) is 0.834. The fourth-order valence-electron chi connectivity index (χ4n) is 3.21. The molecule has 0 unspecified atom stereocenters. The van der Waals surface area contributed by atoms with Gasteiger partial charge in [0.1, 0.15) is 17.6 Å². The van der Waals surface area contributed by atoms with Crippen LogP contribution in [0, 0.1) is 0 Å². The van der Waals surface area contributed by atoms with Crippen molar-refractivity contribution in [3.8, 4) is 0 Å². The van der Waals surface area contributed by atoms with Gasteiger partial charge in [0.2, 0.25) is 0 Å². The van der Waals surface area contributed by atoms with Crippen molar-refractivity contribution in [2.75, 3.05) is 32.1 Å². The minimum atomic E-state index is 0.0468. The number of ether oxygens (including phenoxy) is 1. The predicted molar refractivity (Wildman–Crippen MR) is 74.1 cm³/mol. The molecule has 2 fully saturated rings. The van der Waals surface area contributed by atoms with E-state index in [1.54, 1.807) is 12.4 Å². The highest BCUT2D eigenvalue weighted by Crippen LogP contribution is 2.30. The molecule has 3 rings (SSSR count). The van der Waals surface area contributed by atoms with Gasteiger partial charge in [-0.3, -0.25) is 9.88 Å². The maximum Gasteiger partial charge on any atom is 0.150 e. The topological polar surface area (TPSA) is 50.3 Å². The van der Waals surface area contributed by atoms with E-state index in [0.717, 1.165) is 37.3 Å².